The molecule has 0 saturated heterocycles. The van der Waals surface area contributed by atoms with Gasteiger partial charge in [0.1, 0.15) is 5.82 Å². The van der Waals surface area contributed by atoms with Gasteiger partial charge in [0.2, 0.25) is 0 Å². The van der Waals surface area contributed by atoms with E-state index < -0.39 is 0 Å². The third kappa shape index (κ3) is 3.44. The van der Waals surface area contributed by atoms with Crippen molar-refractivity contribution in [1.29, 1.82) is 0 Å². The van der Waals surface area contributed by atoms with Crippen LogP contribution in [-0.2, 0) is 10.2 Å². The molecule has 0 fully saturated rings. The number of rotatable bonds is 5. The van der Waals surface area contributed by atoms with Gasteiger partial charge in [-0.05, 0) is 23.8 Å². The quantitative estimate of drug-likeness (QED) is 0.636. The van der Waals surface area contributed by atoms with Crippen molar-refractivity contribution in [2.75, 3.05) is 20.4 Å². The van der Waals surface area contributed by atoms with E-state index in [1.54, 1.807) is 19.2 Å². The van der Waals surface area contributed by atoms with Crippen LogP contribution in [0.2, 0.25) is 5.02 Å². The lowest BCUT2D eigenvalue weighted by Crippen LogP contribution is -2.34. The molecule has 90 valence electrons. The molecule has 0 atom stereocenters. The molecule has 0 heterocycles. The molecule has 0 bridgehead atoms. The number of hydrogen-bond acceptors (Lipinski definition) is 2. The van der Waals surface area contributed by atoms with Crippen LogP contribution in [-0.4, -0.2) is 20.4 Å². The lowest BCUT2D eigenvalue weighted by atomic mass is 9.84. The Balaban J connectivity index is 2.83. The smallest absolute Gasteiger partial charge is 0.127 e. The maximum Gasteiger partial charge on any atom is 0.127 e. The van der Waals surface area contributed by atoms with E-state index in [1.165, 1.54) is 6.07 Å². The Morgan fingerprint density at radius 3 is 2.75 bits per heavy atom. The van der Waals surface area contributed by atoms with Crippen LogP contribution in [0.4, 0.5) is 4.39 Å². The van der Waals surface area contributed by atoms with Crippen molar-refractivity contribution in [3.8, 4) is 0 Å². The van der Waals surface area contributed by atoms with Crippen molar-refractivity contribution in [2.45, 2.75) is 19.3 Å². The number of halogens is 2. The maximum absolute atomic E-state index is 13.7. The highest BCUT2D eigenvalue weighted by molar-refractivity contribution is 6.30. The molecule has 1 aromatic rings. The average Bonchev–Trinajstić information content (AvgIpc) is 2.22. The van der Waals surface area contributed by atoms with Crippen LogP contribution >= 0.6 is 11.6 Å². The average molecular weight is 246 g/mol. The molecule has 0 aliphatic carbocycles. The maximum atomic E-state index is 13.7. The van der Waals surface area contributed by atoms with Crippen molar-refractivity contribution < 1.29 is 9.13 Å². The van der Waals surface area contributed by atoms with Crippen LogP contribution in [0.5, 0.6) is 0 Å². The largest absolute Gasteiger partial charge is 0.370 e. The standard InChI is InChI=1S/C12H17ClFNO/c1-12(2,7-15-8-16-3)10-6-9(13)4-5-11(10)14/h4-6,15H,7-8H2,1-3H3. The van der Waals surface area contributed by atoms with E-state index in [2.05, 4.69) is 5.32 Å². The van der Waals surface area contributed by atoms with Crippen LogP contribution < -0.4 is 5.32 Å². The van der Waals surface area contributed by atoms with Crippen molar-refractivity contribution in [2.24, 2.45) is 0 Å². The Morgan fingerprint density at radius 2 is 2.12 bits per heavy atom. The van der Waals surface area contributed by atoms with Gasteiger partial charge >= 0.3 is 0 Å². The molecule has 1 N–H and O–H groups in total. The van der Waals surface area contributed by atoms with E-state index in [4.69, 9.17) is 16.3 Å². The van der Waals surface area contributed by atoms with Gasteiger partial charge in [0.25, 0.3) is 0 Å². The molecule has 0 spiro atoms. The Labute approximate surface area is 101 Å². The van der Waals surface area contributed by atoms with Gasteiger partial charge in [-0.25, -0.2) is 4.39 Å². The van der Waals surface area contributed by atoms with Crippen LogP contribution in [0.15, 0.2) is 18.2 Å². The first-order valence-corrected chi connectivity index (χ1v) is 5.50. The Morgan fingerprint density at radius 1 is 1.44 bits per heavy atom. The van der Waals surface area contributed by atoms with Crippen molar-refractivity contribution in [1.82, 2.24) is 5.32 Å². The van der Waals surface area contributed by atoms with Crippen molar-refractivity contribution in [3.05, 3.63) is 34.6 Å². The van der Waals surface area contributed by atoms with Gasteiger partial charge in [0.05, 0.1) is 6.73 Å². The molecular weight excluding hydrogens is 229 g/mol. The summed E-state index contributed by atoms with van der Waals surface area (Å²) in [4.78, 5) is 0. The van der Waals surface area contributed by atoms with Crippen LogP contribution in [0.3, 0.4) is 0 Å². The summed E-state index contributed by atoms with van der Waals surface area (Å²) in [6.45, 7) is 5.00. The van der Waals surface area contributed by atoms with Gasteiger partial charge in [0, 0.05) is 24.1 Å². The topological polar surface area (TPSA) is 21.3 Å². The zero-order chi connectivity index (χ0) is 12.2. The van der Waals surface area contributed by atoms with Gasteiger partial charge in [-0.3, -0.25) is 5.32 Å². The Kier molecular flexibility index (Phi) is 4.71. The number of nitrogens with one attached hydrogen (secondary N) is 1. The monoisotopic (exact) mass is 245 g/mol. The molecule has 0 radical (unpaired) electrons. The highest BCUT2D eigenvalue weighted by Crippen LogP contribution is 2.27. The lowest BCUT2D eigenvalue weighted by Gasteiger charge is -2.26. The van der Waals surface area contributed by atoms with Crippen molar-refractivity contribution >= 4 is 11.6 Å². The van der Waals surface area contributed by atoms with Crippen LogP contribution in [0.25, 0.3) is 0 Å². The fourth-order valence-corrected chi connectivity index (χ4v) is 1.75. The summed E-state index contributed by atoms with van der Waals surface area (Å²) >= 11 is 5.87. The summed E-state index contributed by atoms with van der Waals surface area (Å²) < 4.78 is 18.6. The fourth-order valence-electron chi connectivity index (χ4n) is 1.58. The SMILES string of the molecule is COCNCC(C)(C)c1cc(Cl)ccc1F. The van der Waals surface area contributed by atoms with E-state index in [0.717, 1.165) is 0 Å². The van der Waals surface area contributed by atoms with Gasteiger partial charge in [0.15, 0.2) is 0 Å². The lowest BCUT2D eigenvalue weighted by molar-refractivity contribution is 0.169. The van der Waals surface area contributed by atoms with E-state index in [-0.39, 0.29) is 11.2 Å². The molecule has 1 aromatic carbocycles. The molecule has 0 unspecified atom stereocenters. The third-order valence-corrected chi connectivity index (χ3v) is 2.71. The molecule has 16 heavy (non-hydrogen) atoms. The molecule has 0 aromatic heterocycles. The molecule has 0 amide bonds. The number of benzene rings is 1. The zero-order valence-corrected chi connectivity index (χ0v) is 10.6. The van der Waals surface area contributed by atoms with E-state index in [9.17, 15) is 4.39 Å². The minimum absolute atomic E-state index is 0.228. The Bertz CT molecular complexity index is 355. The highest BCUT2D eigenvalue weighted by atomic mass is 35.5. The summed E-state index contributed by atoms with van der Waals surface area (Å²) in [5, 5.41) is 3.64. The van der Waals surface area contributed by atoms with Gasteiger partial charge < -0.3 is 4.74 Å². The summed E-state index contributed by atoms with van der Waals surface area (Å²) in [6.07, 6.45) is 0. The molecular formula is C12H17ClFNO. The molecule has 4 heteroatoms. The predicted octanol–water partition coefficient (Wildman–Crippen LogP) is 2.95. The van der Waals surface area contributed by atoms with Gasteiger partial charge in [-0.15, -0.1) is 0 Å². The van der Waals surface area contributed by atoms with E-state index in [0.29, 0.717) is 23.9 Å². The van der Waals surface area contributed by atoms with Gasteiger partial charge in [-0.2, -0.15) is 0 Å². The molecule has 1 rings (SSSR count). The van der Waals surface area contributed by atoms with Crippen molar-refractivity contribution in [3.63, 3.8) is 0 Å². The first kappa shape index (κ1) is 13.4. The number of hydrogen-bond donors (Lipinski definition) is 1. The second kappa shape index (κ2) is 5.62. The first-order chi connectivity index (χ1) is 7.47. The fraction of sp³-hybridized carbons (Fsp3) is 0.500. The van der Waals surface area contributed by atoms with E-state index >= 15 is 0 Å². The van der Waals surface area contributed by atoms with Gasteiger partial charge in [-0.1, -0.05) is 25.4 Å². The first-order valence-electron chi connectivity index (χ1n) is 5.12. The summed E-state index contributed by atoms with van der Waals surface area (Å²) in [5.41, 5.74) is 0.289. The minimum Gasteiger partial charge on any atom is -0.370 e. The molecule has 0 saturated carbocycles. The summed E-state index contributed by atoms with van der Waals surface area (Å²) in [7, 11) is 1.61. The minimum atomic E-state index is -0.326. The van der Waals surface area contributed by atoms with Crippen LogP contribution in [0, 0.1) is 5.82 Å². The number of ether oxygens (including phenoxy) is 1. The Hall–Kier alpha value is -0.640. The van der Waals surface area contributed by atoms with Crippen LogP contribution in [0.1, 0.15) is 19.4 Å². The molecule has 0 aliphatic rings. The van der Waals surface area contributed by atoms with E-state index in [1.807, 2.05) is 13.8 Å². The predicted molar refractivity (Wildman–Crippen MR) is 64.3 cm³/mol. The third-order valence-electron chi connectivity index (χ3n) is 2.47. The number of methoxy groups -OCH3 is 1. The summed E-state index contributed by atoms with van der Waals surface area (Å²) in [5.74, 6) is -0.228. The normalized spacial score (nSPS) is 11.8. The summed E-state index contributed by atoms with van der Waals surface area (Å²) in [6, 6.07) is 4.63. The zero-order valence-electron chi connectivity index (χ0n) is 9.81. The highest BCUT2D eigenvalue weighted by Gasteiger charge is 2.23. The molecule has 2 nitrogen and oxygen atoms in total. The second-order valence-electron chi connectivity index (χ2n) is 4.37. The molecule has 0 aliphatic heterocycles. The second-order valence-corrected chi connectivity index (χ2v) is 4.80.